The van der Waals surface area contributed by atoms with Gasteiger partial charge in [0, 0.05) is 62.6 Å². The van der Waals surface area contributed by atoms with Crippen molar-refractivity contribution in [1.82, 2.24) is 24.8 Å². The number of esters is 1. The van der Waals surface area contributed by atoms with E-state index in [1.165, 1.54) is 12.7 Å². The fraction of sp³-hybridized carbons (Fsp3) is 0.370. The van der Waals surface area contributed by atoms with Crippen molar-refractivity contribution in [1.29, 1.82) is 0 Å². The third-order valence-corrected chi connectivity index (χ3v) is 6.42. The van der Waals surface area contributed by atoms with Crippen LogP contribution in [0.1, 0.15) is 12.0 Å². The van der Waals surface area contributed by atoms with Crippen molar-refractivity contribution in [2.75, 3.05) is 57.0 Å². The number of carbonyl (C=O) groups is 2. The highest BCUT2D eigenvalue weighted by Gasteiger charge is 2.20. The molecule has 1 saturated heterocycles. The summed E-state index contributed by atoms with van der Waals surface area (Å²) in [5.74, 6) is -0.202. The van der Waals surface area contributed by atoms with Crippen molar-refractivity contribution in [2.45, 2.75) is 19.0 Å². The van der Waals surface area contributed by atoms with Crippen molar-refractivity contribution in [3.8, 4) is 11.1 Å². The highest BCUT2D eigenvalue weighted by molar-refractivity contribution is 5.78. The Hall–Kier alpha value is -4.13. The monoisotopic (exact) mass is 534 g/mol. The Labute approximate surface area is 227 Å². The summed E-state index contributed by atoms with van der Waals surface area (Å²) in [4.78, 5) is 40.3. The Morgan fingerprint density at radius 3 is 2.49 bits per heavy atom. The van der Waals surface area contributed by atoms with Gasteiger partial charge >= 0.3 is 11.9 Å². The zero-order valence-electron chi connectivity index (χ0n) is 21.9. The number of nitrogens with zero attached hydrogens (tertiary/aromatic N) is 5. The van der Waals surface area contributed by atoms with E-state index < -0.39 is 18.0 Å². The summed E-state index contributed by atoms with van der Waals surface area (Å²) < 4.78 is 4.80. The number of benzene rings is 1. The van der Waals surface area contributed by atoms with Crippen LogP contribution in [0.5, 0.6) is 0 Å². The first-order chi connectivity index (χ1) is 18.9. The maximum Gasteiger partial charge on any atom is 0.328 e. The maximum atomic E-state index is 11.9. The molecule has 12 nitrogen and oxygen atoms in total. The number of pyridine rings is 1. The average molecular weight is 535 g/mol. The molecule has 1 atom stereocenters. The van der Waals surface area contributed by atoms with Crippen LogP contribution in [0.4, 0.5) is 17.5 Å². The molecular formula is C27H34N8O4. The molecule has 0 amide bonds. The topological polar surface area (TPSA) is 159 Å². The lowest BCUT2D eigenvalue weighted by Gasteiger charge is -2.33. The van der Waals surface area contributed by atoms with Crippen LogP contribution in [0.2, 0.25) is 0 Å². The molecule has 0 radical (unpaired) electrons. The van der Waals surface area contributed by atoms with Gasteiger partial charge in [0.15, 0.2) is 0 Å². The third-order valence-electron chi connectivity index (χ3n) is 6.42. The van der Waals surface area contributed by atoms with E-state index >= 15 is 0 Å². The van der Waals surface area contributed by atoms with Gasteiger partial charge in [-0.2, -0.15) is 0 Å². The number of rotatable bonds is 12. The number of carboxylic acid groups (broad SMARTS) is 1. The Bertz CT molecular complexity index is 1250. The number of nitrogens with one attached hydrogen (secondary N) is 2. The normalized spacial score (nSPS) is 14.9. The molecule has 3 aromatic rings. The molecule has 0 bridgehead atoms. The van der Waals surface area contributed by atoms with Crippen molar-refractivity contribution in [3.05, 3.63) is 60.6 Å². The molecule has 39 heavy (non-hydrogen) atoms. The van der Waals surface area contributed by atoms with Crippen molar-refractivity contribution in [3.63, 3.8) is 0 Å². The molecule has 1 aromatic carbocycles. The number of nitrogens with two attached hydrogens (primary N) is 1. The lowest BCUT2D eigenvalue weighted by molar-refractivity contribution is -0.141. The number of hydrogen-bond acceptors (Lipinski definition) is 11. The molecule has 4 rings (SSSR count). The van der Waals surface area contributed by atoms with E-state index in [1.807, 2.05) is 29.2 Å². The zero-order valence-corrected chi connectivity index (χ0v) is 21.9. The molecule has 1 fully saturated rings. The maximum absolute atomic E-state index is 11.9. The summed E-state index contributed by atoms with van der Waals surface area (Å²) in [5, 5.41) is 15.3. The summed E-state index contributed by atoms with van der Waals surface area (Å²) in [6.45, 7) is 4.39. The molecule has 0 saturated carbocycles. The van der Waals surface area contributed by atoms with Gasteiger partial charge in [-0.3, -0.25) is 14.6 Å². The Balaban J connectivity index is 1.36. The van der Waals surface area contributed by atoms with E-state index in [-0.39, 0.29) is 6.54 Å². The molecule has 206 valence electrons. The summed E-state index contributed by atoms with van der Waals surface area (Å²) in [6, 6.07) is 11.4. The molecule has 0 spiro atoms. The van der Waals surface area contributed by atoms with Gasteiger partial charge in [0.1, 0.15) is 11.9 Å². The minimum absolute atomic E-state index is 0.0944. The number of carbonyl (C=O) groups excluding carboxylic acids is 1. The first-order valence-electron chi connectivity index (χ1n) is 12.8. The van der Waals surface area contributed by atoms with Gasteiger partial charge in [0.05, 0.1) is 13.7 Å². The van der Waals surface area contributed by atoms with E-state index in [4.69, 9.17) is 15.6 Å². The molecule has 1 aliphatic heterocycles. The van der Waals surface area contributed by atoms with Crippen LogP contribution < -0.4 is 16.4 Å². The van der Waals surface area contributed by atoms with Gasteiger partial charge in [-0.1, -0.05) is 12.1 Å². The second-order valence-corrected chi connectivity index (χ2v) is 9.29. The summed E-state index contributed by atoms with van der Waals surface area (Å²) in [5.41, 5.74) is 9.37. The summed E-state index contributed by atoms with van der Waals surface area (Å²) in [6.07, 6.45) is 5.49. The van der Waals surface area contributed by atoms with Gasteiger partial charge in [-0.15, -0.1) is 0 Å². The van der Waals surface area contributed by atoms with Crippen molar-refractivity contribution < 1.29 is 19.4 Å². The molecular weight excluding hydrogens is 500 g/mol. The Kier molecular flexibility index (Phi) is 9.73. The number of hydrogen-bond donors (Lipinski definition) is 4. The highest BCUT2D eigenvalue weighted by Crippen LogP contribution is 2.23. The number of aliphatic carboxylic acids is 1. The molecule has 2 aromatic heterocycles. The SMILES string of the molecule is COC(=O)C(CCN)Nc1ncc(-c2ccnc(Nc3cccc(CN4CCN(CC(=O)O)CC4)c3)c2)cn1. The molecule has 1 aliphatic rings. The summed E-state index contributed by atoms with van der Waals surface area (Å²) >= 11 is 0. The van der Waals surface area contributed by atoms with Crippen LogP contribution in [0.25, 0.3) is 11.1 Å². The quantitative estimate of drug-likeness (QED) is 0.250. The fourth-order valence-corrected chi connectivity index (χ4v) is 4.39. The number of aromatic nitrogens is 3. The minimum Gasteiger partial charge on any atom is -0.480 e. The van der Waals surface area contributed by atoms with E-state index in [0.29, 0.717) is 24.7 Å². The predicted molar refractivity (Wildman–Crippen MR) is 147 cm³/mol. The summed E-state index contributed by atoms with van der Waals surface area (Å²) in [7, 11) is 1.33. The minimum atomic E-state index is -0.784. The van der Waals surface area contributed by atoms with Crippen molar-refractivity contribution >= 4 is 29.4 Å². The lowest BCUT2D eigenvalue weighted by atomic mass is 10.1. The molecule has 1 unspecified atom stereocenters. The second kappa shape index (κ2) is 13.6. The van der Waals surface area contributed by atoms with Crippen LogP contribution in [-0.2, 0) is 20.9 Å². The first-order valence-corrected chi connectivity index (χ1v) is 12.8. The zero-order chi connectivity index (χ0) is 27.6. The number of anilines is 3. The number of piperazine rings is 1. The van der Waals surface area contributed by atoms with Crippen LogP contribution in [0, 0.1) is 0 Å². The van der Waals surface area contributed by atoms with E-state index in [9.17, 15) is 9.59 Å². The Morgan fingerprint density at radius 1 is 1.05 bits per heavy atom. The van der Waals surface area contributed by atoms with Gasteiger partial charge in [0.2, 0.25) is 5.95 Å². The second-order valence-electron chi connectivity index (χ2n) is 9.29. The van der Waals surface area contributed by atoms with E-state index in [1.54, 1.807) is 18.6 Å². The fourth-order valence-electron chi connectivity index (χ4n) is 4.39. The molecule has 3 heterocycles. The van der Waals surface area contributed by atoms with Gasteiger partial charge in [-0.05, 0) is 48.4 Å². The smallest absolute Gasteiger partial charge is 0.328 e. The van der Waals surface area contributed by atoms with Crippen LogP contribution in [0.3, 0.4) is 0 Å². The van der Waals surface area contributed by atoms with Crippen LogP contribution in [-0.4, -0.2) is 94.2 Å². The van der Waals surface area contributed by atoms with E-state index in [0.717, 1.165) is 49.5 Å². The largest absolute Gasteiger partial charge is 0.480 e. The average Bonchev–Trinajstić information content (AvgIpc) is 2.94. The van der Waals surface area contributed by atoms with Gasteiger partial charge in [0.25, 0.3) is 0 Å². The number of carboxylic acids is 1. The first kappa shape index (κ1) is 27.9. The third kappa shape index (κ3) is 8.18. The standard InChI is InChI=1S/C27H34N8O4/c1-39-26(38)23(5-7-28)33-27-30-15-21(16-31-27)20-6-8-29-24(14-20)32-22-4-2-3-19(13-22)17-34-9-11-35(12-10-34)18-25(36)37/h2-4,6,8,13-16,23H,5,7,9-12,17-18,28H2,1H3,(H,29,32)(H,36,37)(H,30,31,33). The number of methoxy groups -OCH3 is 1. The van der Waals surface area contributed by atoms with Gasteiger partial charge < -0.3 is 26.2 Å². The van der Waals surface area contributed by atoms with Crippen molar-refractivity contribution in [2.24, 2.45) is 5.73 Å². The van der Waals surface area contributed by atoms with Crippen LogP contribution in [0.15, 0.2) is 55.0 Å². The van der Waals surface area contributed by atoms with E-state index in [2.05, 4.69) is 42.6 Å². The molecule has 0 aliphatic carbocycles. The highest BCUT2D eigenvalue weighted by atomic mass is 16.5. The number of ether oxygens (including phenoxy) is 1. The Morgan fingerprint density at radius 2 is 1.79 bits per heavy atom. The molecule has 5 N–H and O–H groups in total. The lowest BCUT2D eigenvalue weighted by Crippen LogP contribution is -2.47. The van der Waals surface area contributed by atoms with Gasteiger partial charge in [-0.25, -0.2) is 19.7 Å². The van der Waals surface area contributed by atoms with Crippen LogP contribution >= 0.6 is 0 Å². The molecule has 12 heteroatoms. The predicted octanol–water partition coefficient (Wildman–Crippen LogP) is 1.79.